The predicted octanol–water partition coefficient (Wildman–Crippen LogP) is 2.90. The van der Waals surface area contributed by atoms with Crippen LogP contribution in [0.4, 0.5) is 11.4 Å². The number of nitro benzene ring substituents is 2. The van der Waals surface area contributed by atoms with Gasteiger partial charge in [-0.2, -0.15) is 8.61 Å². The molecule has 1 fully saturated rings. The highest BCUT2D eigenvalue weighted by atomic mass is 35.5. The SMILES string of the molecule is O=[N+]([O-])c1ccc(Cl)c(S(=O)(=O)N2CCCN(S(=O)(=O)c3cc([N+](=O)[O-])ccc3Cl)CC2)c1. The van der Waals surface area contributed by atoms with Crippen molar-refractivity contribution in [1.82, 2.24) is 8.61 Å². The van der Waals surface area contributed by atoms with Crippen LogP contribution >= 0.6 is 23.2 Å². The summed E-state index contributed by atoms with van der Waals surface area (Å²) in [4.78, 5) is 19.6. The second-order valence-electron chi connectivity index (χ2n) is 6.91. The molecule has 12 nitrogen and oxygen atoms in total. The van der Waals surface area contributed by atoms with Gasteiger partial charge in [-0.1, -0.05) is 23.2 Å². The van der Waals surface area contributed by atoms with Crippen LogP contribution in [0, 0.1) is 20.2 Å². The van der Waals surface area contributed by atoms with Crippen molar-refractivity contribution in [3.8, 4) is 0 Å². The molecular formula is C17H16Cl2N4O8S2. The fourth-order valence-electron chi connectivity index (χ4n) is 3.24. The van der Waals surface area contributed by atoms with Crippen molar-refractivity contribution < 1.29 is 26.7 Å². The Morgan fingerprint density at radius 2 is 1.06 bits per heavy atom. The predicted molar refractivity (Wildman–Crippen MR) is 118 cm³/mol. The fraction of sp³-hybridized carbons (Fsp3) is 0.294. The van der Waals surface area contributed by atoms with Gasteiger partial charge in [0.2, 0.25) is 20.0 Å². The van der Waals surface area contributed by atoms with E-state index in [0.717, 1.165) is 45.0 Å². The zero-order valence-electron chi connectivity index (χ0n) is 16.6. The highest BCUT2D eigenvalue weighted by molar-refractivity contribution is 7.89. The van der Waals surface area contributed by atoms with Crippen molar-refractivity contribution in [1.29, 1.82) is 0 Å². The Kier molecular flexibility index (Phi) is 7.26. The first kappa shape index (κ1) is 25.3. The van der Waals surface area contributed by atoms with Crippen LogP contribution in [0.5, 0.6) is 0 Å². The molecule has 178 valence electrons. The van der Waals surface area contributed by atoms with E-state index >= 15 is 0 Å². The molecule has 3 rings (SSSR count). The van der Waals surface area contributed by atoms with Crippen LogP contribution in [0.15, 0.2) is 46.2 Å². The maximum absolute atomic E-state index is 13.1. The van der Waals surface area contributed by atoms with Gasteiger partial charge in [-0.05, 0) is 18.6 Å². The number of hydrogen-bond donors (Lipinski definition) is 0. The molecule has 2 aromatic carbocycles. The molecule has 33 heavy (non-hydrogen) atoms. The zero-order valence-corrected chi connectivity index (χ0v) is 19.8. The number of sulfonamides is 2. The molecule has 1 saturated heterocycles. The maximum Gasteiger partial charge on any atom is 0.270 e. The van der Waals surface area contributed by atoms with E-state index in [0.29, 0.717) is 0 Å². The van der Waals surface area contributed by atoms with E-state index in [9.17, 15) is 37.1 Å². The number of non-ortho nitro benzene ring substituents is 2. The van der Waals surface area contributed by atoms with E-state index in [4.69, 9.17) is 23.2 Å². The smallest absolute Gasteiger partial charge is 0.258 e. The monoisotopic (exact) mass is 538 g/mol. The van der Waals surface area contributed by atoms with E-state index in [1.807, 2.05) is 0 Å². The van der Waals surface area contributed by atoms with Gasteiger partial charge >= 0.3 is 0 Å². The minimum absolute atomic E-state index is 0.0734. The summed E-state index contributed by atoms with van der Waals surface area (Å²) in [5.74, 6) is 0. The summed E-state index contributed by atoms with van der Waals surface area (Å²) in [6, 6.07) is 6.04. The van der Waals surface area contributed by atoms with Crippen LogP contribution in [-0.4, -0.2) is 61.5 Å². The summed E-state index contributed by atoms with van der Waals surface area (Å²) in [6.07, 6.45) is 0.0948. The summed E-state index contributed by atoms with van der Waals surface area (Å²) in [5.41, 5.74) is -0.922. The van der Waals surface area contributed by atoms with E-state index in [-0.39, 0.29) is 42.6 Å². The van der Waals surface area contributed by atoms with E-state index in [2.05, 4.69) is 0 Å². The molecule has 0 spiro atoms. The largest absolute Gasteiger partial charge is 0.270 e. The van der Waals surface area contributed by atoms with E-state index in [1.54, 1.807) is 0 Å². The molecule has 0 radical (unpaired) electrons. The molecule has 1 heterocycles. The van der Waals surface area contributed by atoms with Crippen LogP contribution in [-0.2, 0) is 20.0 Å². The zero-order chi connectivity index (χ0) is 24.6. The number of benzene rings is 2. The molecule has 0 saturated carbocycles. The number of nitrogens with zero attached hydrogens (tertiary/aromatic N) is 4. The first-order chi connectivity index (χ1) is 15.4. The summed E-state index contributed by atoms with van der Waals surface area (Å²) >= 11 is 12.0. The van der Waals surface area contributed by atoms with Crippen molar-refractivity contribution in [2.24, 2.45) is 0 Å². The minimum Gasteiger partial charge on any atom is -0.258 e. The third kappa shape index (κ3) is 5.10. The molecule has 1 aliphatic heterocycles. The Labute approximate surface area is 198 Å². The quantitative estimate of drug-likeness (QED) is 0.400. The summed E-state index contributed by atoms with van der Waals surface area (Å²) in [5, 5.41) is 21.6. The first-order valence-electron chi connectivity index (χ1n) is 9.24. The Morgan fingerprint density at radius 3 is 1.39 bits per heavy atom. The van der Waals surface area contributed by atoms with Gasteiger partial charge in [0, 0.05) is 50.4 Å². The molecular weight excluding hydrogens is 523 g/mol. The van der Waals surface area contributed by atoms with E-state index < -0.39 is 51.1 Å². The lowest BCUT2D eigenvalue weighted by Crippen LogP contribution is -2.37. The summed E-state index contributed by atoms with van der Waals surface area (Å²) in [6.45, 7) is -0.688. The number of halogens is 2. The van der Waals surface area contributed by atoms with Crippen molar-refractivity contribution in [2.45, 2.75) is 16.2 Å². The van der Waals surface area contributed by atoms with Gasteiger partial charge in [-0.15, -0.1) is 0 Å². The van der Waals surface area contributed by atoms with Gasteiger partial charge < -0.3 is 0 Å². The van der Waals surface area contributed by atoms with Gasteiger partial charge in [0.05, 0.1) is 19.9 Å². The summed E-state index contributed by atoms with van der Waals surface area (Å²) in [7, 11) is -8.54. The highest BCUT2D eigenvalue weighted by Gasteiger charge is 2.34. The molecule has 0 aliphatic carbocycles. The Hall–Kier alpha value is -2.36. The Bertz CT molecular complexity index is 1230. The normalized spacial score (nSPS) is 16.3. The standard InChI is InChI=1S/C17H16Cl2N4O8S2/c18-14-4-2-12(22(24)25)10-16(14)32(28,29)20-6-1-7-21(9-8-20)33(30,31)17-11-13(23(26)27)3-5-15(17)19/h2-5,10-11H,1,6-9H2. The van der Waals surface area contributed by atoms with Gasteiger partial charge in [-0.25, -0.2) is 16.8 Å². The van der Waals surface area contributed by atoms with Crippen molar-refractivity contribution >= 4 is 54.6 Å². The number of rotatable bonds is 6. The molecule has 16 heteroatoms. The molecule has 0 atom stereocenters. The third-order valence-electron chi connectivity index (χ3n) is 4.90. The van der Waals surface area contributed by atoms with Gasteiger partial charge in [-0.3, -0.25) is 20.2 Å². The first-order valence-corrected chi connectivity index (χ1v) is 12.9. The Balaban J connectivity index is 1.89. The van der Waals surface area contributed by atoms with Crippen LogP contribution in [0.2, 0.25) is 10.0 Å². The fourth-order valence-corrected chi connectivity index (χ4v) is 7.16. The van der Waals surface area contributed by atoms with Crippen molar-refractivity contribution in [3.63, 3.8) is 0 Å². The lowest BCUT2D eigenvalue weighted by Gasteiger charge is -2.22. The molecule has 2 aromatic rings. The summed E-state index contributed by atoms with van der Waals surface area (Å²) < 4.78 is 54.3. The average Bonchev–Trinajstić information content (AvgIpc) is 3.01. The van der Waals surface area contributed by atoms with Crippen LogP contribution in [0.25, 0.3) is 0 Å². The highest BCUT2D eigenvalue weighted by Crippen LogP contribution is 2.31. The molecule has 0 aromatic heterocycles. The minimum atomic E-state index is -4.27. The molecule has 0 unspecified atom stereocenters. The molecule has 0 bridgehead atoms. The lowest BCUT2D eigenvalue weighted by atomic mass is 10.3. The van der Waals surface area contributed by atoms with Crippen LogP contribution < -0.4 is 0 Å². The van der Waals surface area contributed by atoms with Crippen LogP contribution in [0.1, 0.15) is 6.42 Å². The second-order valence-corrected chi connectivity index (χ2v) is 11.5. The molecule has 1 aliphatic rings. The molecule has 0 N–H and O–H groups in total. The average molecular weight is 539 g/mol. The van der Waals surface area contributed by atoms with Gasteiger partial charge in [0.1, 0.15) is 9.79 Å². The molecule has 0 amide bonds. The van der Waals surface area contributed by atoms with Crippen LogP contribution in [0.3, 0.4) is 0 Å². The third-order valence-corrected chi connectivity index (χ3v) is 9.66. The maximum atomic E-state index is 13.1. The Morgan fingerprint density at radius 1 is 0.697 bits per heavy atom. The number of nitro groups is 2. The van der Waals surface area contributed by atoms with E-state index in [1.165, 1.54) is 0 Å². The van der Waals surface area contributed by atoms with Crippen molar-refractivity contribution in [2.75, 3.05) is 26.2 Å². The lowest BCUT2D eigenvalue weighted by molar-refractivity contribution is -0.385. The van der Waals surface area contributed by atoms with Crippen molar-refractivity contribution in [3.05, 3.63) is 66.7 Å². The van der Waals surface area contributed by atoms with Gasteiger partial charge in [0.25, 0.3) is 11.4 Å². The second kappa shape index (κ2) is 9.48. The topological polar surface area (TPSA) is 161 Å². The number of hydrogen-bond acceptors (Lipinski definition) is 8. The van der Waals surface area contributed by atoms with Gasteiger partial charge in [0.15, 0.2) is 0 Å².